The van der Waals surface area contributed by atoms with Gasteiger partial charge in [-0.1, -0.05) is 63.3 Å². The molecule has 22 heavy (non-hydrogen) atoms. The van der Waals surface area contributed by atoms with Crippen molar-refractivity contribution in [3.8, 4) is 0 Å². The van der Waals surface area contributed by atoms with Gasteiger partial charge in [0.05, 0.1) is 12.7 Å². The summed E-state index contributed by atoms with van der Waals surface area (Å²) in [4.78, 5) is 0. The standard InChI is InChI=1S/C19H31NO.ClH/c1-2-3-4-5-6-7-8-17-9-11-18(12-10-17)16-21-19-13-14-20-15-19;/h9-12,19-20H,2-8,13-16H2,1H3;1H/t19-;/m0./s1. The first-order valence-corrected chi connectivity index (χ1v) is 8.78. The Balaban J connectivity index is 0.00000242. The molecule has 0 radical (unpaired) electrons. The zero-order valence-electron chi connectivity index (χ0n) is 14.0. The SMILES string of the molecule is CCCCCCCCc1ccc(CO[C@H]2CCNC2)cc1.Cl. The van der Waals surface area contributed by atoms with Crippen LogP contribution in [0.4, 0.5) is 0 Å². The molecular weight excluding hydrogens is 294 g/mol. The minimum atomic E-state index is 0. The molecule has 0 unspecified atom stereocenters. The highest BCUT2D eigenvalue weighted by atomic mass is 35.5. The second-order valence-electron chi connectivity index (χ2n) is 6.26. The lowest BCUT2D eigenvalue weighted by atomic mass is 10.0. The lowest BCUT2D eigenvalue weighted by Crippen LogP contribution is -2.16. The van der Waals surface area contributed by atoms with Gasteiger partial charge >= 0.3 is 0 Å². The van der Waals surface area contributed by atoms with Gasteiger partial charge in [-0.15, -0.1) is 12.4 Å². The summed E-state index contributed by atoms with van der Waals surface area (Å²) >= 11 is 0. The Hall–Kier alpha value is -0.570. The Morgan fingerprint density at radius 3 is 2.36 bits per heavy atom. The van der Waals surface area contributed by atoms with E-state index in [1.54, 1.807) is 0 Å². The fourth-order valence-corrected chi connectivity index (χ4v) is 2.90. The van der Waals surface area contributed by atoms with Crippen molar-refractivity contribution in [1.29, 1.82) is 0 Å². The van der Waals surface area contributed by atoms with Crippen LogP contribution < -0.4 is 5.32 Å². The number of halogens is 1. The van der Waals surface area contributed by atoms with E-state index in [1.807, 2.05) is 0 Å². The number of rotatable bonds is 10. The quantitative estimate of drug-likeness (QED) is 0.618. The van der Waals surface area contributed by atoms with Gasteiger partial charge in [0.15, 0.2) is 0 Å². The van der Waals surface area contributed by atoms with Gasteiger partial charge in [0.2, 0.25) is 0 Å². The van der Waals surface area contributed by atoms with Crippen molar-refractivity contribution in [3.05, 3.63) is 35.4 Å². The largest absolute Gasteiger partial charge is 0.372 e. The smallest absolute Gasteiger partial charge is 0.0721 e. The van der Waals surface area contributed by atoms with Crippen LogP contribution in [0.3, 0.4) is 0 Å². The van der Waals surface area contributed by atoms with Crippen LogP contribution in [0, 0.1) is 0 Å². The Morgan fingerprint density at radius 2 is 1.68 bits per heavy atom. The lowest BCUT2D eigenvalue weighted by molar-refractivity contribution is 0.0542. The highest BCUT2D eigenvalue weighted by molar-refractivity contribution is 5.85. The van der Waals surface area contributed by atoms with Gasteiger partial charge in [-0.25, -0.2) is 0 Å². The predicted molar refractivity (Wildman–Crippen MR) is 96.8 cm³/mol. The number of hydrogen-bond donors (Lipinski definition) is 1. The van der Waals surface area contributed by atoms with E-state index in [9.17, 15) is 0 Å². The summed E-state index contributed by atoms with van der Waals surface area (Å²) in [6.45, 7) is 5.14. The molecule has 1 heterocycles. The second kappa shape index (κ2) is 11.9. The van der Waals surface area contributed by atoms with Crippen molar-refractivity contribution in [2.75, 3.05) is 13.1 Å². The summed E-state index contributed by atoms with van der Waals surface area (Å²) in [6, 6.07) is 9.01. The topological polar surface area (TPSA) is 21.3 Å². The van der Waals surface area contributed by atoms with Gasteiger partial charge in [-0.2, -0.15) is 0 Å². The molecule has 1 N–H and O–H groups in total. The van der Waals surface area contributed by atoms with Gasteiger partial charge in [0, 0.05) is 6.54 Å². The van der Waals surface area contributed by atoms with Crippen molar-refractivity contribution in [1.82, 2.24) is 5.32 Å². The third-order valence-electron chi connectivity index (χ3n) is 4.34. The molecule has 0 aromatic heterocycles. The number of unbranched alkanes of at least 4 members (excludes halogenated alkanes) is 5. The van der Waals surface area contributed by atoms with Crippen molar-refractivity contribution in [2.45, 2.75) is 71.0 Å². The maximum Gasteiger partial charge on any atom is 0.0721 e. The first kappa shape index (κ1) is 19.5. The normalized spacial score (nSPS) is 17.4. The van der Waals surface area contributed by atoms with Crippen molar-refractivity contribution in [2.24, 2.45) is 0 Å². The highest BCUT2D eigenvalue weighted by Crippen LogP contribution is 2.13. The minimum absolute atomic E-state index is 0. The van der Waals surface area contributed by atoms with Crippen LogP contribution in [0.25, 0.3) is 0 Å². The summed E-state index contributed by atoms with van der Waals surface area (Å²) in [5.41, 5.74) is 2.77. The van der Waals surface area contributed by atoms with Gasteiger partial charge in [-0.05, 0) is 36.9 Å². The fourth-order valence-electron chi connectivity index (χ4n) is 2.90. The summed E-state index contributed by atoms with van der Waals surface area (Å²) in [6.07, 6.45) is 11.0. The average Bonchev–Trinajstić information content (AvgIpc) is 3.03. The van der Waals surface area contributed by atoms with E-state index in [0.29, 0.717) is 6.10 Å². The molecule has 0 aliphatic carbocycles. The zero-order valence-corrected chi connectivity index (χ0v) is 14.8. The maximum absolute atomic E-state index is 5.90. The summed E-state index contributed by atoms with van der Waals surface area (Å²) < 4.78 is 5.90. The molecule has 1 fully saturated rings. The van der Waals surface area contributed by atoms with E-state index in [2.05, 4.69) is 36.5 Å². The molecule has 0 bridgehead atoms. The van der Waals surface area contributed by atoms with Gasteiger partial charge < -0.3 is 10.1 Å². The van der Waals surface area contributed by atoms with Crippen LogP contribution in [0.1, 0.15) is 63.0 Å². The molecular formula is C19H32ClNO. The van der Waals surface area contributed by atoms with Gasteiger partial charge in [-0.3, -0.25) is 0 Å². The Morgan fingerprint density at radius 1 is 1.00 bits per heavy atom. The average molecular weight is 326 g/mol. The maximum atomic E-state index is 5.90. The predicted octanol–water partition coefficient (Wildman–Crippen LogP) is 4.89. The molecule has 2 nitrogen and oxygen atoms in total. The minimum Gasteiger partial charge on any atom is -0.372 e. The number of aryl methyl sites for hydroxylation is 1. The number of nitrogens with one attached hydrogen (secondary N) is 1. The van der Waals surface area contributed by atoms with Gasteiger partial charge in [0.1, 0.15) is 0 Å². The monoisotopic (exact) mass is 325 g/mol. The van der Waals surface area contributed by atoms with Crippen molar-refractivity contribution < 1.29 is 4.74 Å². The van der Waals surface area contributed by atoms with Crippen LogP contribution in [-0.4, -0.2) is 19.2 Å². The highest BCUT2D eigenvalue weighted by Gasteiger charge is 2.14. The van der Waals surface area contributed by atoms with Crippen molar-refractivity contribution in [3.63, 3.8) is 0 Å². The molecule has 1 saturated heterocycles. The van der Waals surface area contributed by atoms with Crippen LogP contribution in [0.2, 0.25) is 0 Å². The first-order chi connectivity index (χ1) is 10.4. The molecule has 126 valence electrons. The van der Waals surface area contributed by atoms with Crippen LogP contribution >= 0.6 is 12.4 Å². The summed E-state index contributed by atoms with van der Waals surface area (Å²) in [5.74, 6) is 0. The van der Waals surface area contributed by atoms with E-state index in [0.717, 1.165) is 26.1 Å². The Kier molecular flexibility index (Phi) is 10.6. The first-order valence-electron chi connectivity index (χ1n) is 8.78. The summed E-state index contributed by atoms with van der Waals surface area (Å²) in [5, 5.41) is 3.33. The summed E-state index contributed by atoms with van der Waals surface area (Å²) in [7, 11) is 0. The van der Waals surface area contributed by atoms with Crippen LogP contribution in [0.5, 0.6) is 0 Å². The molecule has 0 saturated carbocycles. The van der Waals surface area contributed by atoms with E-state index in [4.69, 9.17) is 4.74 Å². The van der Waals surface area contributed by atoms with Crippen LogP contribution in [0.15, 0.2) is 24.3 Å². The fraction of sp³-hybridized carbons (Fsp3) is 0.684. The molecule has 1 atom stereocenters. The van der Waals surface area contributed by atoms with Crippen molar-refractivity contribution >= 4 is 12.4 Å². The van der Waals surface area contributed by atoms with Gasteiger partial charge in [0.25, 0.3) is 0 Å². The third-order valence-corrected chi connectivity index (χ3v) is 4.34. The Labute approximate surface area is 142 Å². The molecule has 2 rings (SSSR count). The molecule has 3 heteroatoms. The molecule has 1 aliphatic rings. The van der Waals surface area contributed by atoms with Crippen LogP contribution in [-0.2, 0) is 17.8 Å². The molecule has 1 aromatic rings. The van der Waals surface area contributed by atoms with E-state index < -0.39 is 0 Å². The zero-order chi connectivity index (χ0) is 14.8. The third kappa shape index (κ3) is 7.62. The molecule has 0 spiro atoms. The molecule has 0 amide bonds. The molecule has 1 aromatic carbocycles. The van der Waals surface area contributed by atoms with E-state index in [1.165, 1.54) is 56.1 Å². The number of benzene rings is 1. The molecule has 1 aliphatic heterocycles. The van der Waals surface area contributed by atoms with E-state index in [-0.39, 0.29) is 12.4 Å². The Bertz CT molecular complexity index is 374. The van der Waals surface area contributed by atoms with E-state index >= 15 is 0 Å². The second-order valence-corrected chi connectivity index (χ2v) is 6.26. The lowest BCUT2D eigenvalue weighted by Gasteiger charge is -2.10. The number of ether oxygens (including phenoxy) is 1. The number of hydrogen-bond acceptors (Lipinski definition) is 2.